The smallest absolute Gasteiger partial charge is 0.349 e. The van der Waals surface area contributed by atoms with Crippen molar-refractivity contribution < 1.29 is 19.5 Å². The molecule has 1 aromatic heterocycles. The van der Waals surface area contributed by atoms with E-state index in [0.29, 0.717) is 17.7 Å². The lowest BCUT2D eigenvalue weighted by Crippen LogP contribution is -2.49. The van der Waals surface area contributed by atoms with E-state index in [1.165, 1.54) is 6.21 Å². The lowest BCUT2D eigenvalue weighted by atomic mass is 9.85. The second-order valence-electron chi connectivity index (χ2n) is 6.37. The number of carbonyl (C=O) groups is 1. The minimum atomic E-state index is -1.33. The Bertz CT molecular complexity index is 933. The molecule has 6 heteroatoms. The van der Waals surface area contributed by atoms with Gasteiger partial charge in [0.15, 0.2) is 0 Å². The van der Waals surface area contributed by atoms with E-state index in [2.05, 4.69) is 10.1 Å². The van der Waals surface area contributed by atoms with Gasteiger partial charge in [0.2, 0.25) is 11.7 Å². The molecule has 29 heavy (non-hydrogen) atoms. The van der Waals surface area contributed by atoms with Crippen LogP contribution in [0.1, 0.15) is 24.5 Å². The summed E-state index contributed by atoms with van der Waals surface area (Å²) in [5.41, 5.74) is 0.0670. The van der Waals surface area contributed by atoms with Gasteiger partial charge in [0, 0.05) is 23.5 Å². The molecule has 2 aromatic carbocycles. The van der Waals surface area contributed by atoms with E-state index in [0.717, 1.165) is 5.56 Å². The zero-order valence-corrected chi connectivity index (χ0v) is 16.0. The van der Waals surface area contributed by atoms with Gasteiger partial charge in [0.1, 0.15) is 5.75 Å². The van der Waals surface area contributed by atoms with Crippen molar-refractivity contribution in [2.24, 2.45) is 5.16 Å². The normalized spacial score (nSPS) is 14.1. The molecule has 0 aliphatic heterocycles. The van der Waals surface area contributed by atoms with E-state index in [1.54, 1.807) is 42.7 Å². The number of rotatable bonds is 9. The van der Waals surface area contributed by atoms with Crippen LogP contribution in [0.25, 0.3) is 0 Å². The average molecular weight is 390 g/mol. The molecule has 1 N–H and O–H groups in total. The van der Waals surface area contributed by atoms with Gasteiger partial charge in [0.25, 0.3) is 0 Å². The highest BCUT2D eigenvalue weighted by Gasteiger charge is 2.48. The quantitative estimate of drug-likeness (QED) is 0.436. The van der Waals surface area contributed by atoms with Gasteiger partial charge in [-0.05, 0) is 24.6 Å². The summed E-state index contributed by atoms with van der Waals surface area (Å²) in [6.07, 6.45) is 3.81. The Morgan fingerprint density at radius 2 is 1.79 bits per heavy atom. The fourth-order valence-electron chi connectivity index (χ4n) is 3.04. The minimum Gasteiger partial charge on any atom is -0.478 e. The molecule has 0 bridgehead atoms. The third kappa shape index (κ3) is 4.79. The molecule has 0 aliphatic carbocycles. The number of hydrogen-bond donors (Lipinski definition) is 1. The van der Waals surface area contributed by atoms with Crippen LogP contribution in [0.4, 0.5) is 0 Å². The maximum Gasteiger partial charge on any atom is 0.349 e. The molecular weight excluding hydrogens is 368 g/mol. The Hall–Kier alpha value is -3.67. The molecule has 148 valence electrons. The first-order valence-electron chi connectivity index (χ1n) is 9.27. The lowest BCUT2D eigenvalue weighted by molar-refractivity contribution is -0.171. The van der Waals surface area contributed by atoms with Crippen molar-refractivity contribution in [3.63, 3.8) is 0 Å². The fraction of sp³-hybridized carbons (Fsp3) is 0.174. The number of ether oxygens (including phenoxy) is 1. The zero-order chi connectivity index (χ0) is 20.5. The van der Waals surface area contributed by atoms with Gasteiger partial charge in [-0.25, -0.2) is 4.79 Å². The molecule has 3 aromatic rings. The second kappa shape index (κ2) is 9.50. The van der Waals surface area contributed by atoms with Crippen LogP contribution in [0.2, 0.25) is 0 Å². The van der Waals surface area contributed by atoms with Gasteiger partial charge in [-0.2, -0.15) is 0 Å². The maximum atomic E-state index is 12.2. The Labute approximate surface area is 169 Å². The number of oxime groups is 1. The topological polar surface area (TPSA) is 81.0 Å². The predicted molar refractivity (Wildman–Crippen MR) is 110 cm³/mol. The Morgan fingerprint density at radius 1 is 1.10 bits per heavy atom. The number of carboxylic acid groups (broad SMARTS) is 1. The minimum absolute atomic E-state index is 0.325. The van der Waals surface area contributed by atoms with E-state index in [4.69, 9.17) is 9.57 Å². The molecule has 3 rings (SSSR count). The van der Waals surface area contributed by atoms with E-state index in [1.807, 2.05) is 49.4 Å². The molecule has 6 nitrogen and oxygen atoms in total. The van der Waals surface area contributed by atoms with Gasteiger partial charge < -0.3 is 14.7 Å². The summed E-state index contributed by atoms with van der Waals surface area (Å²) < 4.78 is 5.88. The second-order valence-corrected chi connectivity index (χ2v) is 6.37. The molecule has 0 saturated heterocycles. The van der Waals surface area contributed by atoms with Crippen molar-refractivity contribution in [3.05, 3.63) is 96.3 Å². The van der Waals surface area contributed by atoms with Gasteiger partial charge in [0.05, 0.1) is 6.21 Å². The number of para-hydroxylation sites is 1. The largest absolute Gasteiger partial charge is 0.478 e. The summed E-state index contributed by atoms with van der Waals surface area (Å²) in [6, 6.07) is 21.6. The number of nitrogens with zero attached hydrogens (tertiary/aromatic N) is 2. The highest BCUT2D eigenvalue weighted by atomic mass is 16.7. The number of hydrogen-bond acceptors (Lipinski definition) is 5. The van der Waals surface area contributed by atoms with E-state index in [9.17, 15) is 9.90 Å². The molecular formula is C23H22N2O4. The van der Waals surface area contributed by atoms with Gasteiger partial charge in [-0.3, -0.25) is 4.98 Å². The van der Waals surface area contributed by atoms with Crippen molar-refractivity contribution >= 4 is 12.2 Å². The lowest BCUT2D eigenvalue weighted by Gasteiger charge is -2.35. The highest BCUT2D eigenvalue weighted by Crippen LogP contribution is 2.36. The first kappa shape index (κ1) is 20.1. The van der Waals surface area contributed by atoms with Gasteiger partial charge in [-0.1, -0.05) is 66.7 Å². The molecule has 2 unspecified atom stereocenters. The third-order valence-corrected chi connectivity index (χ3v) is 4.53. The summed E-state index contributed by atoms with van der Waals surface area (Å²) in [5, 5.41) is 14.1. The molecule has 0 aliphatic rings. The first-order valence-corrected chi connectivity index (χ1v) is 9.27. The van der Waals surface area contributed by atoms with Crippen molar-refractivity contribution in [3.8, 4) is 5.75 Å². The maximum absolute atomic E-state index is 12.2. The van der Waals surface area contributed by atoms with Crippen molar-refractivity contribution in [1.82, 2.24) is 4.98 Å². The molecule has 1 heterocycles. The van der Waals surface area contributed by atoms with Crippen LogP contribution in [0.3, 0.4) is 0 Å². The van der Waals surface area contributed by atoms with Crippen LogP contribution < -0.4 is 4.74 Å². The highest BCUT2D eigenvalue weighted by molar-refractivity contribution is 5.78. The summed E-state index contributed by atoms with van der Waals surface area (Å²) in [4.78, 5) is 22.2. The van der Waals surface area contributed by atoms with Gasteiger partial charge >= 0.3 is 5.97 Å². The van der Waals surface area contributed by atoms with E-state index in [-0.39, 0.29) is 0 Å². The monoisotopic (exact) mass is 390 g/mol. The molecule has 0 saturated carbocycles. The van der Waals surface area contributed by atoms with Crippen molar-refractivity contribution in [2.45, 2.75) is 25.0 Å². The summed E-state index contributed by atoms with van der Waals surface area (Å²) >= 11 is 0. The Morgan fingerprint density at radius 3 is 2.38 bits per heavy atom. The number of carboxylic acids is 1. The van der Waals surface area contributed by atoms with Crippen LogP contribution in [0, 0.1) is 0 Å². The van der Waals surface area contributed by atoms with Crippen LogP contribution in [-0.4, -0.2) is 28.4 Å². The third-order valence-electron chi connectivity index (χ3n) is 4.53. The van der Waals surface area contributed by atoms with Crippen LogP contribution in [0.15, 0.2) is 90.3 Å². The average Bonchev–Trinajstić information content (AvgIpc) is 2.77. The van der Waals surface area contributed by atoms with Crippen LogP contribution in [0.5, 0.6) is 5.75 Å². The molecule has 0 fully saturated rings. The van der Waals surface area contributed by atoms with Crippen LogP contribution >= 0.6 is 0 Å². The standard InChI is InChI=1S/C23H22N2O4/c1-2-23(19-11-5-3-6-12-19,29-25-17-18-10-9-15-24-16-18)21(22(26)27)28-20-13-7-4-8-14-20/h3-17,21H,2H2,1H3,(H,26,27). The summed E-state index contributed by atoms with van der Waals surface area (Å²) in [5.74, 6) is -0.704. The molecule has 2 atom stereocenters. The van der Waals surface area contributed by atoms with Crippen molar-refractivity contribution in [2.75, 3.05) is 0 Å². The fourth-order valence-corrected chi connectivity index (χ4v) is 3.04. The number of aromatic nitrogens is 1. The molecule has 0 amide bonds. The first-order chi connectivity index (χ1) is 14.2. The predicted octanol–water partition coefficient (Wildman–Crippen LogP) is 4.27. The van der Waals surface area contributed by atoms with Crippen LogP contribution in [-0.2, 0) is 15.2 Å². The Kier molecular flexibility index (Phi) is 6.58. The zero-order valence-electron chi connectivity index (χ0n) is 16.0. The summed E-state index contributed by atoms with van der Waals surface area (Å²) in [6.45, 7) is 1.84. The number of benzene rings is 2. The van der Waals surface area contributed by atoms with Crippen molar-refractivity contribution in [1.29, 1.82) is 0 Å². The SMILES string of the molecule is CCC(ON=Cc1cccnc1)(c1ccccc1)C(Oc1ccccc1)C(=O)O. The molecule has 0 radical (unpaired) electrons. The van der Waals surface area contributed by atoms with Gasteiger partial charge in [-0.15, -0.1) is 0 Å². The Balaban J connectivity index is 2.00. The molecule has 0 spiro atoms. The van der Waals surface area contributed by atoms with E-state index < -0.39 is 17.7 Å². The number of aliphatic carboxylic acids is 1. The number of pyridine rings is 1. The summed E-state index contributed by atoms with van der Waals surface area (Å²) in [7, 11) is 0. The van der Waals surface area contributed by atoms with E-state index >= 15 is 0 Å².